The van der Waals surface area contributed by atoms with Crippen molar-refractivity contribution in [3.63, 3.8) is 0 Å². The minimum absolute atomic E-state index is 0.0849. The first-order chi connectivity index (χ1) is 29.1. The van der Waals surface area contributed by atoms with Crippen LogP contribution in [0.15, 0.2) is 95.4 Å². The fourth-order valence-electron chi connectivity index (χ4n) is 8.65. The van der Waals surface area contributed by atoms with Crippen molar-refractivity contribution in [3.8, 4) is 0 Å². The maximum absolute atomic E-state index is 14.2. The molecule has 2 heterocycles. The van der Waals surface area contributed by atoms with E-state index in [0.717, 1.165) is 40.9 Å². The van der Waals surface area contributed by atoms with Gasteiger partial charge < -0.3 is 15.2 Å². The van der Waals surface area contributed by atoms with Crippen molar-refractivity contribution in [2.75, 3.05) is 41.4 Å². The van der Waals surface area contributed by atoms with Crippen LogP contribution in [0.2, 0.25) is 0 Å². The molecule has 12 nitrogen and oxygen atoms in total. The molecule has 0 amide bonds. The number of hydrogen-bond donors (Lipinski definition) is 2. The van der Waals surface area contributed by atoms with E-state index in [4.69, 9.17) is 9.59 Å². The average molecular weight is 938 g/mol. The molecular formula is C45H60F3N4O8S3+. The van der Waals surface area contributed by atoms with Gasteiger partial charge in [-0.25, -0.2) is 0 Å². The summed E-state index contributed by atoms with van der Waals surface area (Å²) in [5.41, 5.74) is -1.85. The summed E-state index contributed by atoms with van der Waals surface area (Å²) in [6, 6.07) is 15.4. The Balaban J connectivity index is 1.53. The lowest BCUT2D eigenvalue weighted by atomic mass is 9.83. The molecule has 0 saturated heterocycles. The van der Waals surface area contributed by atoms with Crippen LogP contribution in [-0.2, 0) is 45.3 Å². The van der Waals surface area contributed by atoms with Crippen molar-refractivity contribution < 1.29 is 51.1 Å². The second-order valence-corrected chi connectivity index (χ2v) is 22.8. The summed E-state index contributed by atoms with van der Waals surface area (Å²) in [7, 11) is -13.0. The van der Waals surface area contributed by atoms with Gasteiger partial charge in [-0.3, -0.25) is 8.74 Å². The number of halogens is 3. The van der Waals surface area contributed by atoms with Crippen LogP contribution in [0.3, 0.4) is 0 Å². The van der Waals surface area contributed by atoms with E-state index in [0.29, 0.717) is 47.5 Å². The van der Waals surface area contributed by atoms with Gasteiger partial charge in [-0.05, 0) is 94.2 Å². The van der Waals surface area contributed by atoms with E-state index in [-0.39, 0.29) is 42.9 Å². The van der Waals surface area contributed by atoms with E-state index in [1.807, 2.05) is 87.2 Å². The van der Waals surface area contributed by atoms with Crippen LogP contribution in [0.4, 0.5) is 24.5 Å². The molecule has 2 N–H and O–H groups in total. The molecule has 0 spiro atoms. The van der Waals surface area contributed by atoms with Crippen molar-refractivity contribution in [1.82, 2.24) is 0 Å². The van der Waals surface area contributed by atoms with Crippen LogP contribution in [-0.4, -0.2) is 88.0 Å². The van der Waals surface area contributed by atoms with Gasteiger partial charge in [-0.2, -0.15) is 38.4 Å². The van der Waals surface area contributed by atoms with Crippen molar-refractivity contribution in [3.05, 3.63) is 107 Å². The molecule has 0 radical (unpaired) electrons. The number of unbranched alkanes of at least 4 members (excludes halogenated alkanes) is 2. The van der Waals surface area contributed by atoms with Gasteiger partial charge in [0.15, 0.2) is 7.05 Å². The highest BCUT2D eigenvalue weighted by molar-refractivity contribution is 7.87. The van der Waals surface area contributed by atoms with Crippen molar-refractivity contribution in [2.45, 2.75) is 115 Å². The molecule has 1 unspecified atom stereocenters. The Kier molecular flexibility index (Phi) is 14.6. The summed E-state index contributed by atoms with van der Waals surface area (Å²) in [6.07, 6.45) is 9.08. The molecule has 3 aliphatic rings. The Morgan fingerprint density at radius 3 is 1.60 bits per heavy atom. The summed E-state index contributed by atoms with van der Waals surface area (Å²) in [5, 5.41) is 8.01. The molecule has 0 aromatic heterocycles. The maximum atomic E-state index is 14.2. The number of fused-ring (bicyclic) bond motifs is 2. The molecule has 2 aromatic rings. The summed E-state index contributed by atoms with van der Waals surface area (Å²) in [4.78, 5) is 4.09. The van der Waals surface area contributed by atoms with E-state index in [1.165, 1.54) is 6.92 Å². The lowest BCUT2D eigenvalue weighted by Gasteiger charge is -2.28. The first-order valence-corrected chi connectivity index (χ1v) is 25.7. The number of sulfonamides is 1. The SMILES string of the molecule is CCC(C)(OS(=O)(=O)CCCCN1/C(=C/C=C2\CCC(=CC=C3N(CCCCS(=O)(=O)O)c4ccccc4C3(C)C)C2=[N+](C)S(=O)(=O)C(F)(F)F)C(C)(C)c2ccccc21)C(C)=N. The Morgan fingerprint density at radius 1 is 0.778 bits per heavy atom. The van der Waals surface area contributed by atoms with Gasteiger partial charge >= 0.3 is 15.5 Å². The molecule has 1 saturated carbocycles. The first kappa shape index (κ1) is 49.9. The van der Waals surface area contributed by atoms with Crippen LogP contribution in [0.5, 0.6) is 0 Å². The Bertz CT molecular complexity index is 2610. The van der Waals surface area contributed by atoms with E-state index in [2.05, 4.69) is 4.90 Å². The number of allylic oxidation sites excluding steroid dienone is 8. The topological polar surface area (TPSA) is 165 Å². The quantitative estimate of drug-likeness (QED) is 0.0515. The number of benzene rings is 2. The molecular weight excluding hydrogens is 878 g/mol. The van der Waals surface area contributed by atoms with Crippen molar-refractivity contribution >= 4 is 53.1 Å². The molecule has 346 valence electrons. The summed E-state index contributed by atoms with van der Waals surface area (Å²) in [6.45, 7) is 13.7. The number of anilines is 2. The highest BCUT2D eigenvalue weighted by atomic mass is 32.2. The predicted molar refractivity (Wildman–Crippen MR) is 243 cm³/mol. The maximum Gasteiger partial charge on any atom is 0.560 e. The first-order valence-electron chi connectivity index (χ1n) is 21.0. The molecule has 1 fully saturated rings. The number of hydrogen-bond acceptors (Lipinski definition) is 10. The standard InChI is InChI=1S/C45H59F3N4O8S3/c1-9-44(7,32(2)49)60-62(56,57)31-17-15-29-52-38-21-13-11-19-36(38)43(5,6)40(52)27-25-34-23-22-33(41(34)50(8)63(58,59)45(46,47)48)24-26-39-42(3,4)35-18-10-12-20-37(35)51(39)28-14-16-30-61(53,54)55/h10-13,18-21,24-27,49H,9,14-17,22-23,28-31H2,1-8H3/p+1. The van der Waals surface area contributed by atoms with E-state index in [9.17, 15) is 43.0 Å². The fourth-order valence-corrected chi connectivity index (χ4v) is 11.4. The Labute approximate surface area is 371 Å². The van der Waals surface area contributed by atoms with Gasteiger partial charge in [0.05, 0.1) is 11.5 Å². The van der Waals surface area contributed by atoms with Crippen LogP contribution in [0.1, 0.15) is 105 Å². The third-order valence-electron chi connectivity index (χ3n) is 12.6. The third-order valence-corrected chi connectivity index (χ3v) is 16.3. The Morgan fingerprint density at radius 2 is 1.21 bits per heavy atom. The molecule has 5 rings (SSSR count). The zero-order valence-corrected chi connectivity index (χ0v) is 39.7. The molecule has 2 aliphatic heterocycles. The van der Waals surface area contributed by atoms with Gasteiger partial charge in [-0.15, -0.1) is 3.98 Å². The van der Waals surface area contributed by atoms with E-state index >= 15 is 0 Å². The zero-order valence-electron chi connectivity index (χ0n) is 37.2. The van der Waals surface area contributed by atoms with Crippen molar-refractivity contribution in [2.24, 2.45) is 0 Å². The van der Waals surface area contributed by atoms with Gasteiger partial charge in [-0.1, -0.05) is 83.2 Å². The molecule has 63 heavy (non-hydrogen) atoms. The summed E-state index contributed by atoms with van der Waals surface area (Å²) >= 11 is 0. The van der Waals surface area contributed by atoms with Gasteiger partial charge in [0.25, 0.3) is 20.2 Å². The molecule has 0 bridgehead atoms. The van der Waals surface area contributed by atoms with E-state index in [1.54, 1.807) is 32.1 Å². The van der Waals surface area contributed by atoms with Gasteiger partial charge in [0, 0.05) is 63.5 Å². The van der Waals surface area contributed by atoms with Crippen LogP contribution in [0.25, 0.3) is 0 Å². The van der Waals surface area contributed by atoms with Crippen molar-refractivity contribution in [1.29, 1.82) is 5.41 Å². The minimum atomic E-state index is -5.82. The molecule has 2 aromatic carbocycles. The number of rotatable bonds is 17. The highest BCUT2D eigenvalue weighted by Crippen LogP contribution is 2.49. The lowest BCUT2D eigenvalue weighted by molar-refractivity contribution is -0.340. The number of para-hydroxylation sites is 2. The molecule has 1 aliphatic carbocycles. The summed E-state index contributed by atoms with van der Waals surface area (Å²) in [5.74, 6) is -0.652. The highest BCUT2D eigenvalue weighted by Gasteiger charge is 2.55. The summed E-state index contributed by atoms with van der Waals surface area (Å²) < 4.78 is 133. The van der Waals surface area contributed by atoms with Crippen LogP contribution < -0.4 is 9.80 Å². The monoisotopic (exact) mass is 937 g/mol. The lowest BCUT2D eigenvalue weighted by Crippen LogP contribution is -2.38. The second-order valence-electron chi connectivity index (χ2n) is 17.6. The minimum Gasteiger partial charge on any atom is -0.344 e. The smallest absolute Gasteiger partial charge is 0.344 e. The third kappa shape index (κ3) is 10.6. The predicted octanol–water partition coefficient (Wildman–Crippen LogP) is 8.93. The average Bonchev–Trinajstić information content (AvgIpc) is 3.76. The van der Waals surface area contributed by atoms with Gasteiger partial charge in [0.1, 0.15) is 5.60 Å². The normalized spacial score (nSPS) is 22.0. The fraction of sp³-hybridized carbons (Fsp3) is 0.511. The van der Waals surface area contributed by atoms with Crippen LogP contribution >= 0.6 is 0 Å². The number of nitrogens with zero attached hydrogens (tertiary/aromatic N) is 3. The van der Waals surface area contributed by atoms with Crippen LogP contribution in [0, 0.1) is 5.41 Å². The van der Waals surface area contributed by atoms with Gasteiger partial charge in [0.2, 0.25) is 5.71 Å². The molecule has 1 atom stereocenters. The molecule has 18 heteroatoms. The van der Waals surface area contributed by atoms with E-state index < -0.39 is 58.0 Å². The largest absolute Gasteiger partial charge is 0.560 e. The second kappa shape index (κ2) is 18.4. The zero-order chi connectivity index (χ0) is 47.0. The number of alkyl halides is 3. The number of nitrogens with one attached hydrogen (secondary N) is 1. The Hall–Kier alpha value is -4.10.